The highest BCUT2D eigenvalue weighted by atomic mass is 79.9. The van der Waals surface area contributed by atoms with Crippen LogP contribution in [0.2, 0.25) is 6.82 Å². The first-order chi connectivity index (χ1) is 53.6. The number of ketones is 2. The Morgan fingerprint density at radius 2 is 0.833 bits per heavy atom. The summed E-state index contributed by atoms with van der Waals surface area (Å²) in [7, 11) is 4.50. The fraction of sp³-hybridized carbons (Fsp3) is 0.449. The summed E-state index contributed by atoms with van der Waals surface area (Å²) in [5, 5.41) is 6.82. The molecule has 1 saturated heterocycles. The molecule has 0 bridgehead atoms. The van der Waals surface area contributed by atoms with Gasteiger partial charge in [-0.25, -0.2) is 9.59 Å². The van der Waals surface area contributed by atoms with E-state index in [0.717, 1.165) is 109 Å². The number of carbonyl (C=O) groups excluding carboxylic acids is 6. The Kier molecular flexibility index (Phi) is 35.8. The number of benzene rings is 8. The molecule has 4 aliphatic rings. The molecular weight excluding hydrogens is 1480 g/mol. The SMILES string of the molecule is CC(C)(C)Cc1ccc(N2CCC2=O)cc1.CC(C)(C)Cc1ccc(NC(=O)CCBr)cc1.CC(C)(C)Cc1ccc2c(c1)C(=O)CCN2.CC(C)(C)Cc1ccc2c(c1)C(=O)CCN2C(=O)OCc1ccccc1.CC(C)(C)Cc1ccc2c(c1)[C@@H](N)CCN2C(=O)OCc1ccccc1.CC(C)(C)Cc1ccccc1.[B]C. The lowest BCUT2D eigenvalue weighted by atomic mass is 9.86. The van der Waals surface area contributed by atoms with Crippen LogP contribution >= 0.6 is 15.9 Å². The van der Waals surface area contributed by atoms with Crippen LogP contribution in [-0.2, 0) is 70.8 Å². The summed E-state index contributed by atoms with van der Waals surface area (Å²) in [5.41, 5.74) is 24.5. The van der Waals surface area contributed by atoms with Crippen LogP contribution in [0, 0.1) is 32.5 Å². The van der Waals surface area contributed by atoms with E-state index in [1.807, 2.05) is 108 Å². The Labute approximate surface area is 693 Å². The van der Waals surface area contributed by atoms with Gasteiger partial charge in [0.05, 0.1) is 19.2 Å². The third-order valence-electron chi connectivity index (χ3n) is 18.5. The zero-order valence-electron chi connectivity index (χ0n) is 71.9. The number of nitrogens with one attached hydrogen (secondary N) is 2. The molecule has 8 aromatic rings. The number of hydrogen-bond donors (Lipinski definition) is 3. The van der Waals surface area contributed by atoms with Crippen molar-refractivity contribution in [1.29, 1.82) is 0 Å². The molecule has 4 N–H and O–H groups in total. The van der Waals surface area contributed by atoms with E-state index in [0.29, 0.717) is 71.6 Å². The second kappa shape index (κ2) is 43.6. The van der Waals surface area contributed by atoms with Crippen molar-refractivity contribution in [2.75, 3.05) is 56.8 Å². The third kappa shape index (κ3) is 33.8. The van der Waals surface area contributed by atoms with Gasteiger partial charge in [0, 0.05) is 91.4 Å². The lowest BCUT2D eigenvalue weighted by Crippen LogP contribution is -2.43. The summed E-state index contributed by atoms with van der Waals surface area (Å²) >= 11 is 3.25. The van der Waals surface area contributed by atoms with Crippen molar-refractivity contribution in [3.05, 3.63) is 255 Å². The first kappa shape index (κ1) is 93.7. The number of halogens is 1. The van der Waals surface area contributed by atoms with Gasteiger partial charge in [-0.3, -0.25) is 29.0 Å². The molecule has 114 heavy (non-hydrogen) atoms. The van der Waals surface area contributed by atoms with Gasteiger partial charge in [0.25, 0.3) is 0 Å². The van der Waals surface area contributed by atoms with Gasteiger partial charge in [0.1, 0.15) is 13.2 Å². The molecule has 0 aromatic heterocycles. The normalized spacial score (nSPS) is 14.4. The Bertz CT molecular complexity index is 4360. The van der Waals surface area contributed by atoms with Crippen molar-refractivity contribution >= 4 is 87.8 Å². The molecule has 4 aliphatic heterocycles. The molecule has 610 valence electrons. The van der Waals surface area contributed by atoms with Crippen LogP contribution in [0.1, 0.15) is 234 Å². The molecule has 16 heteroatoms. The van der Waals surface area contributed by atoms with Crippen molar-refractivity contribution < 1.29 is 38.2 Å². The monoisotopic (exact) mass is 1610 g/mol. The number of amides is 4. The van der Waals surface area contributed by atoms with Crippen LogP contribution in [0.5, 0.6) is 0 Å². The zero-order chi connectivity index (χ0) is 84.2. The summed E-state index contributed by atoms with van der Waals surface area (Å²) < 4.78 is 11.0. The van der Waals surface area contributed by atoms with E-state index in [1.54, 1.807) is 9.80 Å². The third-order valence-corrected chi connectivity index (χ3v) is 18.9. The molecule has 0 aliphatic carbocycles. The van der Waals surface area contributed by atoms with Gasteiger partial charge in [0.15, 0.2) is 11.6 Å². The van der Waals surface area contributed by atoms with Gasteiger partial charge in [-0.15, -0.1) is 0 Å². The molecule has 4 heterocycles. The van der Waals surface area contributed by atoms with E-state index in [-0.39, 0.29) is 65.0 Å². The number of Topliss-reactive ketones (excluding diaryl/α,β-unsaturated/α-hetero) is 2. The van der Waals surface area contributed by atoms with Crippen molar-refractivity contribution in [3.63, 3.8) is 0 Å². The molecule has 0 saturated carbocycles. The second-order valence-corrected chi connectivity index (χ2v) is 38.0. The molecule has 1 atom stereocenters. The average molecular weight is 1610 g/mol. The molecule has 4 amide bonds. The first-order valence-corrected chi connectivity index (χ1v) is 41.6. The number of anilines is 5. The number of fused-ring (bicyclic) bond motifs is 3. The number of carbonyl (C=O) groups is 6. The number of nitrogens with zero attached hydrogens (tertiary/aromatic N) is 3. The van der Waals surface area contributed by atoms with Crippen molar-refractivity contribution in [3.8, 4) is 0 Å². The van der Waals surface area contributed by atoms with Crippen LogP contribution in [-0.4, -0.2) is 74.9 Å². The Morgan fingerprint density at radius 3 is 1.27 bits per heavy atom. The molecule has 8 aromatic carbocycles. The topological polar surface area (TPSA) is 181 Å². The van der Waals surface area contributed by atoms with Crippen LogP contribution in [0.4, 0.5) is 38.0 Å². The highest BCUT2D eigenvalue weighted by Gasteiger charge is 2.32. The minimum Gasteiger partial charge on any atom is -0.444 e. The first-order valence-electron chi connectivity index (χ1n) is 40.4. The van der Waals surface area contributed by atoms with Crippen molar-refractivity contribution in [2.45, 2.75) is 221 Å². The molecule has 14 nitrogen and oxygen atoms in total. The summed E-state index contributed by atoms with van der Waals surface area (Å²) in [5.74, 6) is 0.640. The summed E-state index contributed by atoms with van der Waals surface area (Å²) in [6.45, 7) is 44.6. The van der Waals surface area contributed by atoms with E-state index in [2.05, 4.69) is 250 Å². The smallest absolute Gasteiger partial charge is 0.414 e. The molecule has 0 spiro atoms. The molecular formula is C98H130BBrN6O8. The largest absolute Gasteiger partial charge is 0.444 e. The number of nitrogens with two attached hydrogens (primary N) is 1. The fourth-order valence-corrected chi connectivity index (χ4v) is 14.0. The van der Waals surface area contributed by atoms with Gasteiger partial charge in [-0.1, -0.05) is 287 Å². The van der Waals surface area contributed by atoms with Gasteiger partial charge in [-0.05, 0) is 182 Å². The van der Waals surface area contributed by atoms with E-state index in [4.69, 9.17) is 15.2 Å². The lowest BCUT2D eigenvalue weighted by Gasteiger charge is -2.33. The summed E-state index contributed by atoms with van der Waals surface area (Å²) in [4.78, 5) is 77.1. The van der Waals surface area contributed by atoms with Gasteiger partial charge < -0.3 is 30.7 Å². The van der Waals surface area contributed by atoms with E-state index < -0.39 is 6.09 Å². The number of hydrogen-bond acceptors (Lipinski definition) is 10. The van der Waals surface area contributed by atoms with E-state index >= 15 is 0 Å². The Hall–Kier alpha value is -9.12. The maximum absolute atomic E-state index is 12.6. The van der Waals surface area contributed by atoms with Crippen LogP contribution < -0.4 is 31.1 Å². The molecule has 0 unspecified atom stereocenters. The minimum absolute atomic E-state index is 0.0388. The van der Waals surface area contributed by atoms with E-state index in [9.17, 15) is 28.8 Å². The number of ether oxygens (including phenoxy) is 2. The zero-order valence-corrected chi connectivity index (χ0v) is 73.5. The standard InChI is InChI=1S/C22H28N2O2.C22H25NO3.C14H20BrNO.2C14H19NO.C11H16.CH3B/c1-22(2,3)14-17-9-10-20-18(13-17)19(23)11-12-24(20)21(25)26-15-16-7-5-4-6-8-16;1-22(2,3)14-17-9-10-19-18(13-17)20(24)11-12-23(19)21(25)26-15-16-7-5-4-6-8-16;1-14(2,3)10-11-4-6-12(7-5-11)16-13(17)8-9-15;1-14(2,3)10-11-4-6-12(7-5-11)15-9-8-13(15)16;1-14(2,3)9-10-4-5-12-11(8-10)13(16)6-7-15-12;1-11(2,3)9-10-7-5-4-6-8-10;1-2/h4-10,13,19H,11-12,14-15,23H2,1-3H3;4-10,13H,11-12,14-15H2,1-3H3;4-7H,8-10H2,1-3H3,(H,16,17);4-7H,8-10H2,1-3H3;4-5,8,15H,6-7,9H2,1-3H3;4-8H,9H2,1-3H3;1H3/t19-;;;;;;/m0....../s1. The van der Waals surface area contributed by atoms with Gasteiger partial charge in [0.2, 0.25) is 11.8 Å². The number of β-lactam (4-membered cyclic amide) rings is 1. The van der Waals surface area contributed by atoms with Gasteiger partial charge in [-0.2, -0.15) is 0 Å². The van der Waals surface area contributed by atoms with E-state index in [1.165, 1.54) is 34.6 Å². The second-order valence-electron chi connectivity index (χ2n) is 37.2. The van der Waals surface area contributed by atoms with Crippen LogP contribution in [0.15, 0.2) is 194 Å². The Balaban J connectivity index is 0.000000217. The molecule has 12 rings (SSSR count). The number of alkyl halides is 1. The Morgan fingerprint density at radius 1 is 0.447 bits per heavy atom. The van der Waals surface area contributed by atoms with Crippen LogP contribution in [0.3, 0.4) is 0 Å². The summed E-state index contributed by atoms with van der Waals surface area (Å²) in [6, 6.07) is 64.6. The average Bonchev–Trinajstić information content (AvgIpc) is 0.793. The summed E-state index contributed by atoms with van der Waals surface area (Å²) in [6.07, 6.45) is 8.30. The highest BCUT2D eigenvalue weighted by Crippen LogP contribution is 2.37. The predicted octanol–water partition coefficient (Wildman–Crippen LogP) is 23.6. The van der Waals surface area contributed by atoms with Crippen molar-refractivity contribution in [1.82, 2.24) is 0 Å². The predicted molar refractivity (Wildman–Crippen MR) is 479 cm³/mol. The van der Waals surface area contributed by atoms with Crippen LogP contribution in [0.25, 0.3) is 0 Å². The number of rotatable bonds is 14. The van der Waals surface area contributed by atoms with Gasteiger partial charge >= 0.3 is 12.2 Å². The minimum atomic E-state index is -0.411. The maximum atomic E-state index is 12.6. The quantitative estimate of drug-likeness (QED) is 0.0539. The lowest BCUT2D eigenvalue weighted by molar-refractivity contribution is -0.122. The molecule has 2 radical (unpaired) electrons. The fourth-order valence-electron chi connectivity index (χ4n) is 13.6. The maximum Gasteiger partial charge on any atom is 0.414 e. The van der Waals surface area contributed by atoms with Crippen molar-refractivity contribution in [2.24, 2.45) is 38.2 Å². The molecule has 1 fully saturated rings. The highest BCUT2D eigenvalue weighted by molar-refractivity contribution is 9.09.